The van der Waals surface area contributed by atoms with Crippen LogP contribution in [0.1, 0.15) is 39.5 Å². The van der Waals surface area contributed by atoms with Crippen LogP contribution >= 0.6 is 0 Å². The van der Waals surface area contributed by atoms with Crippen LogP contribution < -0.4 is 5.32 Å². The number of rotatable bonds is 7. The first-order valence-electron chi connectivity index (χ1n) is 6.22. The van der Waals surface area contributed by atoms with Crippen molar-refractivity contribution in [2.75, 3.05) is 26.4 Å². The fourth-order valence-corrected chi connectivity index (χ4v) is 1.75. The van der Waals surface area contributed by atoms with E-state index in [1.54, 1.807) is 0 Å². The molecule has 1 aliphatic heterocycles. The van der Waals surface area contributed by atoms with Crippen LogP contribution in [0, 0.1) is 0 Å². The molecule has 0 spiro atoms. The molecule has 1 rings (SSSR count). The van der Waals surface area contributed by atoms with E-state index < -0.39 is 0 Å². The third kappa shape index (κ3) is 6.88. The summed E-state index contributed by atoms with van der Waals surface area (Å²) in [6.45, 7) is 7.98. The van der Waals surface area contributed by atoms with Gasteiger partial charge in [0.15, 0.2) is 0 Å². The lowest BCUT2D eigenvalue weighted by Gasteiger charge is -2.23. The summed E-state index contributed by atoms with van der Waals surface area (Å²) in [6, 6.07) is 0.588. The summed E-state index contributed by atoms with van der Waals surface area (Å²) < 4.78 is 10.9. The molecule has 0 saturated carbocycles. The maximum absolute atomic E-state index is 5.48. The fraction of sp³-hybridized carbons (Fsp3) is 1.00. The van der Waals surface area contributed by atoms with E-state index in [1.807, 2.05) is 0 Å². The average molecular weight is 215 g/mol. The first-order chi connectivity index (χ1) is 7.29. The Kier molecular flexibility index (Phi) is 6.98. The summed E-state index contributed by atoms with van der Waals surface area (Å²) in [5, 5.41) is 3.53. The van der Waals surface area contributed by atoms with Gasteiger partial charge in [0.25, 0.3) is 0 Å². The van der Waals surface area contributed by atoms with Crippen molar-refractivity contribution in [2.45, 2.75) is 51.7 Å². The monoisotopic (exact) mass is 215 g/mol. The van der Waals surface area contributed by atoms with Gasteiger partial charge in [-0.1, -0.05) is 0 Å². The molecule has 0 radical (unpaired) electrons. The van der Waals surface area contributed by atoms with E-state index >= 15 is 0 Å². The third-order valence-electron chi connectivity index (χ3n) is 2.62. The molecule has 1 fully saturated rings. The lowest BCUT2D eigenvalue weighted by atomic mass is 10.1. The van der Waals surface area contributed by atoms with Gasteiger partial charge in [0.2, 0.25) is 0 Å². The quantitative estimate of drug-likeness (QED) is 0.659. The Morgan fingerprint density at radius 2 is 2.27 bits per heavy atom. The molecule has 0 aromatic heterocycles. The lowest BCUT2D eigenvalue weighted by Crippen LogP contribution is -2.37. The van der Waals surface area contributed by atoms with Crippen molar-refractivity contribution >= 4 is 0 Å². The largest absolute Gasteiger partial charge is 0.380 e. The van der Waals surface area contributed by atoms with Crippen LogP contribution in [-0.4, -0.2) is 38.5 Å². The third-order valence-corrected chi connectivity index (χ3v) is 2.62. The van der Waals surface area contributed by atoms with Gasteiger partial charge in [0.05, 0.1) is 12.7 Å². The molecule has 0 aliphatic carbocycles. The minimum atomic E-state index is 0.365. The molecule has 3 nitrogen and oxygen atoms in total. The highest BCUT2D eigenvalue weighted by Crippen LogP contribution is 2.05. The maximum atomic E-state index is 5.48. The molecule has 1 saturated heterocycles. The fourth-order valence-electron chi connectivity index (χ4n) is 1.75. The van der Waals surface area contributed by atoms with Crippen LogP contribution in [0.2, 0.25) is 0 Å². The molecule has 1 atom stereocenters. The van der Waals surface area contributed by atoms with E-state index in [1.165, 1.54) is 19.3 Å². The molecule has 3 heteroatoms. The van der Waals surface area contributed by atoms with Crippen LogP contribution in [0.5, 0.6) is 0 Å². The van der Waals surface area contributed by atoms with Crippen LogP contribution in [0.15, 0.2) is 0 Å². The van der Waals surface area contributed by atoms with Crippen LogP contribution in [0.3, 0.4) is 0 Å². The van der Waals surface area contributed by atoms with Crippen molar-refractivity contribution in [2.24, 2.45) is 0 Å². The van der Waals surface area contributed by atoms with Crippen molar-refractivity contribution in [1.82, 2.24) is 5.32 Å². The minimum Gasteiger partial charge on any atom is -0.380 e. The van der Waals surface area contributed by atoms with E-state index in [0.717, 1.165) is 32.8 Å². The van der Waals surface area contributed by atoms with Crippen molar-refractivity contribution in [3.63, 3.8) is 0 Å². The van der Waals surface area contributed by atoms with E-state index in [4.69, 9.17) is 9.47 Å². The number of hydrogen-bond donors (Lipinski definition) is 1. The van der Waals surface area contributed by atoms with Crippen LogP contribution in [0.25, 0.3) is 0 Å². The standard InChI is InChI=1S/C12H25NO2/c1-11(2)15-9-4-3-7-13-12-6-5-8-14-10-12/h11-13H,3-10H2,1-2H3. The van der Waals surface area contributed by atoms with Crippen molar-refractivity contribution in [3.8, 4) is 0 Å². The second-order valence-electron chi connectivity index (χ2n) is 4.49. The molecule has 0 amide bonds. The normalized spacial score (nSPS) is 22.2. The molecule has 1 N–H and O–H groups in total. The maximum Gasteiger partial charge on any atom is 0.0619 e. The number of hydrogen-bond acceptors (Lipinski definition) is 3. The van der Waals surface area contributed by atoms with Crippen molar-refractivity contribution < 1.29 is 9.47 Å². The smallest absolute Gasteiger partial charge is 0.0619 e. The Morgan fingerprint density at radius 3 is 2.93 bits per heavy atom. The molecule has 0 aromatic rings. The zero-order valence-corrected chi connectivity index (χ0v) is 10.1. The van der Waals surface area contributed by atoms with Gasteiger partial charge in [-0.3, -0.25) is 0 Å². The zero-order chi connectivity index (χ0) is 10.9. The minimum absolute atomic E-state index is 0.365. The average Bonchev–Trinajstić information content (AvgIpc) is 2.24. The van der Waals surface area contributed by atoms with E-state index in [2.05, 4.69) is 19.2 Å². The topological polar surface area (TPSA) is 30.5 Å². The van der Waals surface area contributed by atoms with Gasteiger partial charge in [-0.2, -0.15) is 0 Å². The highest BCUT2D eigenvalue weighted by atomic mass is 16.5. The molecule has 90 valence electrons. The van der Waals surface area contributed by atoms with Gasteiger partial charge in [-0.25, -0.2) is 0 Å². The number of ether oxygens (including phenoxy) is 2. The first kappa shape index (κ1) is 12.9. The van der Waals surface area contributed by atoms with Crippen LogP contribution in [-0.2, 0) is 9.47 Å². The molecule has 0 bridgehead atoms. The summed E-state index contributed by atoms with van der Waals surface area (Å²) in [6.07, 6.45) is 5.18. The van der Waals surface area contributed by atoms with Crippen LogP contribution in [0.4, 0.5) is 0 Å². The molecular formula is C12H25NO2. The molecule has 1 unspecified atom stereocenters. The zero-order valence-electron chi connectivity index (χ0n) is 10.1. The van der Waals surface area contributed by atoms with E-state index in [0.29, 0.717) is 12.1 Å². The van der Waals surface area contributed by atoms with Gasteiger partial charge >= 0.3 is 0 Å². The highest BCUT2D eigenvalue weighted by molar-refractivity contribution is 4.69. The lowest BCUT2D eigenvalue weighted by molar-refractivity contribution is 0.0670. The van der Waals surface area contributed by atoms with Crippen molar-refractivity contribution in [1.29, 1.82) is 0 Å². The number of nitrogens with one attached hydrogen (secondary N) is 1. The summed E-state index contributed by atoms with van der Waals surface area (Å²) in [5.74, 6) is 0. The summed E-state index contributed by atoms with van der Waals surface area (Å²) in [7, 11) is 0. The molecule has 0 aromatic carbocycles. The Morgan fingerprint density at radius 1 is 1.40 bits per heavy atom. The van der Waals surface area contributed by atoms with E-state index in [-0.39, 0.29) is 0 Å². The molecule has 15 heavy (non-hydrogen) atoms. The second kappa shape index (κ2) is 8.08. The summed E-state index contributed by atoms with van der Waals surface area (Å²) >= 11 is 0. The Balaban J connectivity index is 1.83. The number of unbranched alkanes of at least 4 members (excludes halogenated alkanes) is 1. The Hall–Kier alpha value is -0.120. The molecule has 1 heterocycles. The van der Waals surface area contributed by atoms with E-state index in [9.17, 15) is 0 Å². The Labute approximate surface area is 93.5 Å². The summed E-state index contributed by atoms with van der Waals surface area (Å²) in [4.78, 5) is 0. The van der Waals surface area contributed by atoms with Gasteiger partial charge in [0.1, 0.15) is 0 Å². The van der Waals surface area contributed by atoms with Crippen molar-refractivity contribution in [3.05, 3.63) is 0 Å². The predicted molar refractivity (Wildman–Crippen MR) is 62.2 cm³/mol. The molecular weight excluding hydrogens is 190 g/mol. The SMILES string of the molecule is CC(C)OCCCCNC1CCCOC1. The predicted octanol–water partition coefficient (Wildman–Crippen LogP) is 1.96. The Bertz CT molecular complexity index is 145. The summed E-state index contributed by atoms with van der Waals surface area (Å²) in [5.41, 5.74) is 0. The molecule has 1 aliphatic rings. The van der Waals surface area contributed by atoms with Gasteiger partial charge in [0, 0.05) is 19.3 Å². The highest BCUT2D eigenvalue weighted by Gasteiger charge is 2.11. The van der Waals surface area contributed by atoms with Gasteiger partial charge in [-0.15, -0.1) is 0 Å². The first-order valence-corrected chi connectivity index (χ1v) is 6.22. The second-order valence-corrected chi connectivity index (χ2v) is 4.49. The van der Waals surface area contributed by atoms with Gasteiger partial charge < -0.3 is 14.8 Å². The van der Waals surface area contributed by atoms with Gasteiger partial charge in [-0.05, 0) is 46.1 Å².